The van der Waals surface area contributed by atoms with Gasteiger partial charge in [0, 0.05) is 12.6 Å². The summed E-state index contributed by atoms with van der Waals surface area (Å²) in [6.45, 7) is 5.12. The molecule has 0 aliphatic carbocycles. The Morgan fingerprint density at radius 2 is 2.11 bits per heavy atom. The van der Waals surface area contributed by atoms with E-state index in [1.54, 1.807) is 6.07 Å². The number of hydrogen-bond acceptors (Lipinski definition) is 4. The fourth-order valence-electron chi connectivity index (χ4n) is 2.17. The molecule has 102 valence electrons. The minimum atomic E-state index is -0.463. The van der Waals surface area contributed by atoms with Crippen LogP contribution in [0.3, 0.4) is 0 Å². The van der Waals surface area contributed by atoms with Crippen molar-refractivity contribution >= 4 is 17.3 Å². The predicted octanol–water partition coefficient (Wildman–Crippen LogP) is 1.76. The number of anilines is 1. The Kier molecular flexibility index (Phi) is 3.80. The van der Waals surface area contributed by atoms with Gasteiger partial charge in [0.2, 0.25) is 5.91 Å². The molecule has 1 unspecified atom stereocenters. The van der Waals surface area contributed by atoms with Crippen LogP contribution in [0.1, 0.15) is 17.5 Å². The lowest BCUT2D eigenvalue weighted by Gasteiger charge is -2.11. The second-order valence-electron chi connectivity index (χ2n) is 4.89. The number of rotatable bonds is 3. The van der Waals surface area contributed by atoms with Crippen molar-refractivity contribution in [2.24, 2.45) is 5.92 Å². The summed E-state index contributed by atoms with van der Waals surface area (Å²) >= 11 is 0. The zero-order valence-corrected chi connectivity index (χ0v) is 11.0. The van der Waals surface area contributed by atoms with Crippen molar-refractivity contribution in [2.75, 3.05) is 18.4 Å². The van der Waals surface area contributed by atoms with Gasteiger partial charge in [-0.15, -0.1) is 0 Å². The van der Waals surface area contributed by atoms with E-state index in [0.29, 0.717) is 6.54 Å². The van der Waals surface area contributed by atoms with Crippen molar-refractivity contribution in [3.05, 3.63) is 33.4 Å². The van der Waals surface area contributed by atoms with Crippen LogP contribution in [0.5, 0.6) is 0 Å². The summed E-state index contributed by atoms with van der Waals surface area (Å²) in [6, 6.07) is 3.16. The lowest BCUT2D eigenvalue weighted by Crippen LogP contribution is -2.25. The fourth-order valence-corrected chi connectivity index (χ4v) is 2.17. The molecule has 0 spiro atoms. The summed E-state index contributed by atoms with van der Waals surface area (Å²) < 4.78 is 0. The molecule has 1 saturated heterocycles. The molecule has 1 aromatic carbocycles. The number of nitrogens with one attached hydrogen (secondary N) is 2. The Hall–Kier alpha value is -1.95. The van der Waals surface area contributed by atoms with Gasteiger partial charge in [-0.05, 0) is 44.0 Å². The van der Waals surface area contributed by atoms with Crippen LogP contribution in [0.15, 0.2) is 12.1 Å². The molecule has 1 aromatic rings. The van der Waals surface area contributed by atoms with Crippen LogP contribution in [-0.2, 0) is 4.79 Å². The summed E-state index contributed by atoms with van der Waals surface area (Å²) in [7, 11) is 0. The molecule has 1 aliphatic heterocycles. The average molecular weight is 263 g/mol. The van der Waals surface area contributed by atoms with Gasteiger partial charge in [0.25, 0.3) is 5.69 Å². The molecule has 0 saturated carbocycles. The molecular formula is C13H17N3O3. The predicted molar refractivity (Wildman–Crippen MR) is 72.2 cm³/mol. The Bertz CT molecular complexity index is 522. The van der Waals surface area contributed by atoms with E-state index in [-0.39, 0.29) is 23.2 Å². The molecule has 6 nitrogen and oxygen atoms in total. The maximum Gasteiger partial charge on any atom is 0.293 e. The topological polar surface area (TPSA) is 84.3 Å². The van der Waals surface area contributed by atoms with Gasteiger partial charge in [-0.1, -0.05) is 0 Å². The zero-order valence-electron chi connectivity index (χ0n) is 11.0. The highest BCUT2D eigenvalue weighted by molar-refractivity contribution is 5.95. The third-order valence-corrected chi connectivity index (χ3v) is 3.50. The van der Waals surface area contributed by atoms with Crippen LogP contribution in [0, 0.1) is 29.9 Å². The average Bonchev–Trinajstić information content (AvgIpc) is 2.86. The first-order chi connectivity index (χ1) is 8.99. The van der Waals surface area contributed by atoms with Crippen LogP contribution in [-0.4, -0.2) is 23.9 Å². The molecule has 1 atom stereocenters. The van der Waals surface area contributed by atoms with E-state index in [2.05, 4.69) is 10.6 Å². The molecule has 1 fully saturated rings. The Morgan fingerprint density at radius 1 is 1.42 bits per heavy atom. The molecule has 2 rings (SSSR count). The summed E-state index contributed by atoms with van der Waals surface area (Å²) in [5.41, 5.74) is 1.99. The largest absolute Gasteiger partial charge is 0.320 e. The molecule has 0 bridgehead atoms. The SMILES string of the molecule is Cc1cc(NC(=O)C2CCNC2)c([N+](=O)[O-])cc1C. The van der Waals surface area contributed by atoms with E-state index in [0.717, 1.165) is 24.1 Å². The molecule has 19 heavy (non-hydrogen) atoms. The van der Waals surface area contributed by atoms with Gasteiger partial charge in [0.1, 0.15) is 5.69 Å². The number of aryl methyl sites for hydroxylation is 2. The van der Waals surface area contributed by atoms with Gasteiger partial charge in [0.05, 0.1) is 10.8 Å². The number of amides is 1. The van der Waals surface area contributed by atoms with Gasteiger partial charge in [-0.25, -0.2) is 0 Å². The van der Waals surface area contributed by atoms with Crippen molar-refractivity contribution in [2.45, 2.75) is 20.3 Å². The summed E-state index contributed by atoms with van der Waals surface area (Å²) in [5.74, 6) is -0.266. The van der Waals surface area contributed by atoms with Crippen LogP contribution < -0.4 is 10.6 Å². The number of nitrogens with zero attached hydrogens (tertiary/aromatic N) is 1. The molecule has 0 radical (unpaired) electrons. The van der Waals surface area contributed by atoms with Crippen molar-refractivity contribution in [3.8, 4) is 0 Å². The highest BCUT2D eigenvalue weighted by atomic mass is 16.6. The van der Waals surface area contributed by atoms with E-state index in [9.17, 15) is 14.9 Å². The van der Waals surface area contributed by atoms with Crippen LogP contribution >= 0.6 is 0 Å². The Balaban J connectivity index is 2.25. The highest BCUT2D eigenvalue weighted by Crippen LogP contribution is 2.28. The maximum atomic E-state index is 12.0. The third-order valence-electron chi connectivity index (χ3n) is 3.50. The molecule has 1 heterocycles. The third kappa shape index (κ3) is 2.90. The maximum absolute atomic E-state index is 12.0. The van der Waals surface area contributed by atoms with Gasteiger partial charge in [-0.3, -0.25) is 14.9 Å². The van der Waals surface area contributed by atoms with Crippen LogP contribution in [0.2, 0.25) is 0 Å². The second kappa shape index (κ2) is 5.36. The van der Waals surface area contributed by atoms with E-state index < -0.39 is 4.92 Å². The summed E-state index contributed by atoms with van der Waals surface area (Å²) in [4.78, 5) is 22.6. The minimum Gasteiger partial charge on any atom is -0.320 e. The van der Waals surface area contributed by atoms with E-state index in [1.165, 1.54) is 6.07 Å². The van der Waals surface area contributed by atoms with E-state index in [4.69, 9.17) is 0 Å². The van der Waals surface area contributed by atoms with Gasteiger partial charge < -0.3 is 10.6 Å². The number of nitro benzene ring substituents is 1. The van der Waals surface area contributed by atoms with Crippen molar-refractivity contribution < 1.29 is 9.72 Å². The standard InChI is InChI=1S/C13H17N3O3/c1-8-5-11(12(16(18)19)6-9(8)2)15-13(17)10-3-4-14-7-10/h5-6,10,14H,3-4,7H2,1-2H3,(H,15,17). The van der Waals surface area contributed by atoms with E-state index >= 15 is 0 Å². The van der Waals surface area contributed by atoms with Gasteiger partial charge in [0.15, 0.2) is 0 Å². The Labute approximate surface area is 111 Å². The quantitative estimate of drug-likeness (QED) is 0.643. The summed E-state index contributed by atoms with van der Waals surface area (Å²) in [5, 5.41) is 16.8. The smallest absolute Gasteiger partial charge is 0.293 e. The van der Waals surface area contributed by atoms with Gasteiger partial charge >= 0.3 is 0 Å². The Morgan fingerprint density at radius 3 is 2.68 bits per heavy atom. The molecule has 1 aliphatic rings. The van der Waals surface area contributed by atoms with Crippen LogP contribution in [0.4, 0.5) is 11.4 Å². The fraction of sp³-hybridized carbons (Fsp3) is 0.462. The first-order valence-corrected chi connectivity index (χ1v) is 6.26. The molecule has 0 aromatic heterocycles. The summed E-state index contributed by atoms with van der Waals surface area (Å²) in [6.07, 6.45) is 0.768. The number of carbonyl (C=O) groups is 1. The van der Waals surface area contributed by atoms with E-state index in [1.807, 2.05) is 13.8 Å². The van der Waals surface area contributed by atoms with Crippen molar-refractivity contribution in [3.63, 3.8) is 0 Å². The lowest BCUT2D eigenvalue weighted by atomic mass is 10.1. The second-order valence-corrected chi connectivity index (χ2v) is 4.89. The molecule has 6 heteroatoms. The first-order valence-electron chi connectivity index (χ1n) is 6.26. The van der Waals surface area contributed by atoms with Gasteiger partial charge in [-0.2, -0.15) is 0 Å². The molecule has 2 N–H and O–H groups in total. The molecular weight excluding hydrogens is 246 g/mol. The molecule has 1 amide bonds. The lowest BCUT2D eigenvalue weighted by molar-refractivity contribution is -0.384. The normalized spacial score (nSPS) is 18.3. The number of nitro groups is 1. The van der Waals surface area contributed by atoms with Crippen molar-refractivity contribution in [1.29, 1.82) is 0 Å². The monoisotopic (exact) mass is 263 g/mol. The number of benzene rings is 1. The first kappa shape index (κ1) is 13.5. The zero-order chi connectivity index (χ0) is 14.0. The number of hydrogen-bond donors (Lipinski definition) is 2. The number of carbonyl (C=O) groups excluding carboxylic acids is 1. The van der Waals surface area contributed by atoms with Crippen LogP contribution in [0.25, 0.3) is 0 Å². The van der Waals surface area contributed by atoms with Crippen molar-refractivity contribution in [1.82, 2.24) is 5.32 Å². The highest BCUT2D eigenvalue weighted by Gasteiger charge is 2.25. The minimum absolute atomic E-state index is 0.0533.